The smallest absolute Gasteiger partial charge is 0.488 e. The van der Waals surface area contributed by atoms with Gasteiger partial charge in [-0.25, -0.2) is 0 Å². The molecule has 0 amide bonds. The minimum absolute atomic E-state index is 0.439. The van der Waals surface area contributed by atoms with Crippen molar-refractivity contribution in [2.24, 2.45) is 0 Å². The van der Waals surface area contributed by atoms with Gasteiger partial charge in [-0.05, 0) is 47.0 Å². The Kier molecular flexibility index (Phi) is 5.61. The fourth-order valence-corrected chi connectivity index (χ4v) is 2.52. The summed E-state index contributed by atoms with van der Waals surface area (Å²) in [7, 11) is 0.592. The molecule has 1 aromatic carbocycles. The second-order valence-corrected chi connectivity index (χ2v) is 5.44. The van der Waals surface area contributed by atoms with Crippen LogP contribution >= 0.6 is 11.3 Å². The molecule has 0 spiro atoms. The van der Waals surface area contributed by atoms with Gasteiger partial charge in [0.1, 0.15) is 12.4 Å². The van der Waals surface area contributed by atoms with Gasteiger partial charge in [0.15, 0.2) is 0 Å². The molecule has 106 valence electrons. The molecular formula is C14H18BNO3S. The molecule has 2 N–H and O–H groups in total. The van der Waals surface area contributed by atoms with Crippen molar-refractivity contribution >= 4 is 23.9 Å². The van der Waals surface area contributed by atoms with Crippen LogP contribution < -0.4 is 10.2 Å². The Morgan fingerprint density at radius 2 is 2.15 bits per heavy atom. The summed E-state index contributed by atoms with van der Waals surface area (Å²) in [6, 6.07) is 8.97. The molecule has 1 aromatic heterocycles. The molecule has 6 heteroatoms. The first-order valence-electron chi connectivity index (χ1n) is 6.43. The molecule has 2 aromatic rings. The lowest BCUT2D eigenvalue weighted by atomic mass is 9.80. The number of benzene rings is 1. The predicted molar refractivity (Wildman–Crippen MR) is 82.4 cm³/mol. The van der Waals surface area contributed by atoms with E-state index in [4.69, 9.17) is 14.8 Å². The molecule has 0 saturated carbocycles. The van der Waals surface area contributed by atoms with E-state index < -0.39 is 7.12 Å². The van der Waals surface area contributed by atoms with Crippen LogP contribution in [0.5, 0.6) is 5.75 Å². The Balaban J connectivity index is 1.76. The van der Waals surface area contributed by atoms with Crippen molar-refractivity contribution < 1.29 is 14.8 Å². The van der Waals surface area contributed by atoms with Crippen LogP contribution in [0.25, 0.3) is 0 Å². The minimum Gasteiger partial charge on any atom is -0.492 e. The van der Waals surface area contributed by atoms with E-state index in [-0.39, 0.29) is 0 Å². The van der Waals surface area contributed by atoms with Crippen LogP contribution in [0.1, 0.15) is 5.56 Å². The predicted octanol–water partition coefficient (Wildman–Crippen LogP) is 0.939. The molecule has 20 heavy (non-hydrogen) atoms. The van der Waals surface area contributed by atoms with Crippen LogP contribution in [0.15, 0.2) is 41.1 Å². The molecule has 0 atom stereocenters. The average Bonchev–Trinajstić information content (AvgIpc) is 2.92. The molecule has 2 rings (SSSR count). The first-order valence-corrected chi connectivity index (χ1v) is 7.38. The van der Waals surface area contributed by atoms with Gasteiger partial charge in [-0.1, -0.05) is 12.1 Å². The van der Waals surface area contributed by atoms with Crippen LogP contribution in [0, 0.1) is 0 Å². The van der Waals surface area contributed by atoms with Crippen molar-refractivity contribution in [3.63, 3.8) is 0 Å². The molecule has 0 bridgehead atoms. The summed E-state index contributed by atoms with van der Waals surface area (Å²) in [6.45, 7) is 2.27. The van der Waals surface area contributed by atoms with Crippen LogP contribution in [0.2, 0.25) is 0 Å². The molecule has 0 saturated heterocycles. The number of hydrogen-bond donors (Lipinski definition) is 2. The van der Waals surface area contributed by atoms with Gasteiger partial charge in [-0.2, -0.15) is 11.3 Å². The van der Waals surface area contributed by atoms with E-state index in [0.717, 1.165) is 13.1 Å². The van der Waals surface area contributed by atoms with Crippen LogP contribution in [0.4, 0.5) is 0 Å². The zero-order valence-corrected chi connectivity index (χ0v) is 12.2. The van der Waals surface area contributed by atoms with Crippen LogP contribution in [0.3, 0.4) is 0 Å². The Morgan fingerprint density at radius 1 is 1.30 bits per heavy atom. The maximum absolute atomic E-state index is 9.10. The first kappa shape index (κ1) is 15.1. The van der Waals surface area contributed by atoms with Gasteiger partial charge in [0.25, 0.3) is 0 Å². The van der Waals surface area contributed by atoms with E-state index in [2.05, 4.69) is 28.8 Å². The Bertz CT molecular complexity index is 519. The molecule has 0 aliphatic heterocycles. The average molecular weight is 291 g/mol. The molecule has 0 radical (unpaired) electrons. The summed E-state index contributed by atoms with van der Waals surface area (Å²) in [5.41, 5.74) is 1.75. The zero-order chi connectivity index (χ0) is 14.4. The highest BCUT2D eigenvalue weighted by molar-refractivity contribution is 7.07. The topological polar surface area (TPSA) is 52.9 Å². The quantitative estimate of drug-likeness (QED) is 0.746. The fourth-order valence-electron chi connectivity index (χ4n) is 1.86. The van der Waals surface area contributed by atoms with Gasteiger partial charge in [0, 0.05) is 13.1 Å². The maximum Gasteiger partial charge on any atom is 0.488 e. The highest BCUT2D eigenvalue weighted by Crippen LogP contribution is 2.09. The van der Waals surface area contributed by atoms with Gasteiger partial charge in [0.2, 0.25) is 0 Å². The molecule has 0 unspecified atom stereocenters. The van der Waals surface area contributed by atoms with E-state index in [1.807, 2.05) is 6.07 Å². The Hall–Kier alpha value is -1.34. The number of rotatable bonds is 7. The number of ether oxygens (including phenoxy) is 1. The SMILES string of the molecule is CN(CCOc1cccc(B(O)O)c1)Cc1ccsc1. The Labute approximate surface area is 123 Å². The summed E-state index contributed by atoms with van der Waals surface area (Å²) in [5, 5.41) is 22.4. The van der Waals surface area contributed by atoms with Gasteiger partial charge < -0.3 is 14.8 Å². The number of likely N-dealkylation sites (N-methyl/N-ethyl adjacent to an activating group) is 1. The van der Waals surface area contributed by atoms with Gasteiger partial charge >= 0.3 is 7.12 Å². The van der Waals surface area contributed by atoms with Gasteiger partial charge in [-0.15, -0.1) is 0 Å². The zero-order valence-electron chi connectivity index (χ0n) is 11.4. The van der Waals surface area contributed by atoms with Crippen LogP contribution in [-0.4, -0.2) is 42.3 Å². The van der Waals surface area contributed by atoms with Crippen molar-refractivity contribution in [1.82, 2.24) is 4.90 Å². The van der Waals surface area contributed by atoms with E-state index in [1.54, 1.807) is 29.5 Å². The minimum atomic E-state index is -1.46. The van der Waals surface area contributed by atoms with Crippen molar-refractivity contribution in [3.8, 4) is 5.75 Å². The van der Waals surface area contributed by atoms with E-state index >= 15 is 0 Å². The fraction of sp³-hybridized carbons (Fsp3) is 0.286. The lowest BCUT2D eigenvalue weighted by molar-refractivity contribution is 0.233. The monoisotopic (exact) mass is 291 g/mol. The second kappa shape index (κ2) is 7.45. The summed E-state index contributed by atoms with van der Waals surface area (Å²) in [6.07, 6.45) is 0. The summed E-state index contributed by atoms with van der Waals surface area (Å²) in [4.78, 5) is 2.19. The molecule has 0 aliphatic rings. The van der Waals surface area contributed by atoms with Crippen molar-refractivity contribution in [3.05, 3.63) is 46.7 Å². The number of nitrogens with zero attached hydrogens (tertiary/aromatic N) is 1. The molecule has 0 aliphatic carbocycles. The van der Waals surface area contributed by atoms with E-state index in [9.17, 15) is 0 Å². The van der Waals surface area contributed by atoms with Crippen molar-refractivity contribution in [1.29, 1.82) is 0 Å². The lowest BCUT2D eigenvalue weighted by Crippen LogP contribution is -2.29. The summed E-state index contributed by atoms with van der Waals surface area (Å²) < 4.78 is 5.63. The maximum atomic E-state index is 9.10. The standard InChI is InChI=1S/C14H18BNO3S/c1-16(10-12-5-8-20-11-12)6-7-19-14-4-2-3-13(9-14)15(17)18/h2-5,8-9,11,17-18H,6-7,10H2,1H3. The lowest BCUT2D eigenvalue weighted by Gasteiger charge is -2.16. The van der Waals surface area contributed by atoms with Crippen LogP contribution in [-0.2, 0) is 6.54 Å². The van der Waals surface area contributed by atoms with Gasteiger partial charge in [-0.3, -0.25) is 4.90 Å². The summed E-state index contributed by atoms with van der Waals surface area (Å²) in [5.74, 6) is 0.652. The largest absolute Gasteiger partial charge is 0.492 e. The van der Waals surface area contributed by atoms with Crippen molar-refractivity contribution in [2.45, 2.75) is 6.54 Å². The third kappa shape index (κ3) is 4.65. The van der Waals surface area contributed by atoms with Gasteiger partial charge in [0.05, 0.1) is 0 Å². The molecular weight excluding hydrogens is 273 g/mol. The molecule has 1 heterocycles. The summed E-state index contributed by atoms with van der Waals surface area (Å²) >= 11 is 1.70. The second-order valence-electron chi connectivity index (χ2n) is 4.66. The third-order valence-corrected chi connectivity index (χ3v) is 3.66. The third-order valence-electron chi connectivity index (χ3n) is 2.93. The number of hydrogen-bond acceptors (Lipinski definition) is 5. The van der Waals surface area contributed by atoms with E-state index in [1.165, 1.54) is 5.56 Å². The molecule has 0 fully saturated rings. The Morgan fingerprint density at radius 3 is 2.85 bits per heavy atom. The number of thiophene rings is 1. The van der Waals surface area contributed by atoms with Crippen molar-refractivity contribution in [2.75, 3.05) is 20.2 Å². The highest BCUT2D eigenvalue weighted by atomic mass is 32.1. The first-order chi connectivity index (χ1) is 9.65. The van der Waals surface area contributed by atoms with E-state index in [0.29, 0.717) is 17.8 Å². The molecule has 4 nitrogen and oxygen atoms in total. The highest BCUT2D eigenvalue weighted by Gasteiger charge is 2.11. The normalized spacial score (nSPS) is 10.8.